The zero-order chi connectivity index (χ0) is 20.9. The number of pyridine rings is 3. The summed E-state index contributed by atoms with van der Waals surface area (Å²) in [5.41, 5.74) is 1.29. The Hall–Kier alpha value is -3.81. The zero-order valence-electron chi connectivity index (χ0n) is 15.2. The van der Waals surface area contributed by atoms with Crippen LogP contribution < -0.4 is 0 Å². The summed E-state index contributed by atoms with van der Waals surface area (Å²) < 4.78 is 54.1. The predicted octanol–water partition coefficient (Wildman–Crippen LogP) is 6.00. The molecule has 5 aromatic rings. The molecule has 4 aromatic heterocycles. The fourth-order valence-corrected chi connectivity index (χ4v) is 3.49. The quantitative estimate of drug-likeness (QED) is 0.365. The van der Waals surface area contributed by atoms with E-state index in [0.29, 0.717) is 28.3 Å². The molecule has 0 saturated carbocycles. The van der Waals surface area contributed by atoms with Crippen molar-refractivity contribution in [1.29, 1.82) is 0 Å². The highest BCUT2D eigenvalue weighted by atomic mass is 19.4. The van der Waals surface area contributed by atoms with Gasteiger partial charge < -0.3 is 4.98 Å². The molecular formula is C22H12F4N4. The van der Waals surface area contributed by atoms with E-state index >= 15 is 0 Å². The van der Waals surface area contributed by atoms with Gasteiger partial charge in [-0.15, -0.1) is 0 Å². The number of hydrogen-bond acceptors (Lipinski definition) is 3. The second kappa shape index (κ2) is 6.62. The maximum absolute atomic E-state index is 14.5. The Kier molecular flexibility index (Phi) is 4.02. The second-order valence-electron chi connectivity index (χ2n) is 6.72. The first-order valence-corrected chi connectivity index (χ1v) is 8.97. The summed E-state index contributed by atoms with van der Waals surface area (Å²) in [4.78, 5) is 15.9. The molecule has 0 aliphatic carbocycles. The van der Waals surface area contributed by atoms with Crippen molar-refractivity contribution in [3.05, 3.63) is 78.5 Å². The van der Waals surface area contributed by atoms with Crippen LogP contribution in [0.15, 0.2) is 67.1 Å². The minimum absolute atomic E-state index is 0.0676. The number of rotatable bonds is 2. The number of nitrogens with one attached hydrogen (secondary N) is 1. The summed E-state index contributed by atoms with van der Waals surface area (Å²) >= 11 is 0. The number of alkyl halides is 3. The van der Waals surface area contributed by atoms with Crippen molar-refractivity contribution in [2.45, 2.75) is 6.18 Å². The number of aromatic nitrogens is 4. The first-order valence-electron chi connectivity index (χ1n) is 8.97. The molecule has 30 heavy (non-hydrogen) atoms. The Balaban J connectivity index is 1.81. The first kappa shape index (κ1) is 18.2. The van der Waals surface area contributed by atoms with E-state index in [1.54, 1.807) is 30.6 Å². The highest BCUT2D eigenvalue weighted by molar-refractivity contribution is 6.03. The second-order valence-corrected chi connectivity index (χ2v) is 6.72. The molecule has 0 amide bonds. The molecule has 0 bridgehead atoms. The molecule has 0 aliphatic rings. The first-order chi connectivity index (χ1) is 14.4. The third kappa shape index (κ3) is 2.97. The van der Waals surface area contributed by atoms with Crippen molar-refractivity contribution in [3.8, 4) is 22.4 Å². The molecular weight excluding hydrogens is 396 g/mol. The molecule has 0 spiro atoms. The lowest BCUT2D eigenvalue weighted by Gasteiger charge is -2.12. The Morgan fingerprint density at radius 1 is 0.800 bits per heavy atom. The molecule has 5 rings (SSSR count). The number of H-pyrrole nitrogens is 1. The average Bonchev–Trinajstić information content (AvgIpc) is 3.16. The Morgan fingerprint density at radius 2 is 1.57 bits per heavy atom. The lowest BCUT2D eigenvalue weighted by Crippen LogP contribution is -2.05. The summed E-state index contributed by atoms with van der Waals surface area (Å²) in [7, 11) is 0. The number of halogens is 4. The molecule has 0 radical (unpaired) electrons. The van der Waals surface area contributed by atoms with Gasteiger partial charge in [0, 0.05) is 40.5 Å². The third-order valence-electron chi connectivity index (χ3n) is 4.90. The minimum Gasteiger partial charge on any atom is -0.346 e. The predicted molar refractivity (Wildman–Crippen MR) is 105 cm³/mol. The molecule has 0 fully saturated rings. The van der Waals surface area contributed by atoms with Gasteiger partial charge in [-0.25, -0.2) is 19.3 Å². The van der Waals surface area contributed by atoms with Crippen LogP contribution in [0.3, 0.4) is 0 Å². The minimum atomic E-state index is -4.59. The maximum atomic E-state index is 14.5. The number of hydrogen-bond donors (Lipinski definition) is 1. The van der Waals surface area contributed by atoms with Crippen LogP contribution >= 0.6 is 0 Å². The van der Waals surface area contributed by atoms with Crippen LogP contribution in [0.4, 0.5) is 17.6 Å². The van der Waals surface area contributed by atoms with Crippen molar-refractivity contribution < 1.29 is 17.6 Å². The van der Waals surface area contributed by atoms with E-state index in [1.807, 2.05) is 12.1 Å². The van der Waals surface area contributed by atoms with Crippen molar-refractivity contribution in [1.82, 2.24) is 19.9 Å². The number of nitrogens with zero attached hydrogens (tertiary/aromatic N) is 3. The summed E-state index contributed by atoms with van der Waals surface area (Å²) in [5, 5.41) is 1.52. The van der Waals surface area contributed by atoms with E-state index in [4.69, 9.17) is 0 Å². The van der Waals surface area contributed by atoms with Gasteiger partial charge in [0.15, 0.2) is 5.65 Å². The lowest BCUT2D eigenvalue weighted by molar-refractivity contribution is -0.137. The topological polar surface area (TPSA) is 54.5 Å². The van der Waals surface area contributed by atoms with Crippen LogP contribution in [0.2, 0.25) is 0 Å². The van der Waals surface area contributed by atoms with Crippen molar-refractivity contribution >= 4 is 22.1 Å². The summed E-state index contributed by atoms with van der Waals surface area (Å²) in [6.45, 7) is 0. The summed E-state index contributed by atoms with van der Waals surface area (Å²) in [5.74, 6) is -0.794. The molecule has 0 atom stereocenters. The van der Waals surface area contributed by atoms with Gasteiger partial charge in [-0.2, -0.15) is 13.2 Å². The molecule has 0 unspecified atom stereocenters. The molecule has 4 heterocycles. The highest BCUT2D eigenvalue weighted by Gasteiger charge is 2.31. The fraction of sp³-hybridized carbons (Fsp3) is 0.0455. The molecule has 0 aliphatic heterocycles. The van der Waals surface area contributed by atoms with Gasteiger partial charge in [0.05, 0.1) is 11.3 Å². The monoisotopic (exact) mass is 408 g/mol. The standard InChI is InChI=1S/C22H12F4N4/c23-18-6-5-12(22(24,25)26)9-16(18)19-10-15(13-3-1-8-28-21(13)30-19)17-11-29-20-14(17)4-2-7-27-20/h1-11H,(H,27,29). The Morgan fingerprint density at radius 3 is 2.37 bits per heavy atom. The van der Waals surface area contributed by atoms with Crippen LogP contribution in [0.5, 0.6) is 0 Å². The number of fused-ring (bicyclic) bond motifs is 2. The molecule has 0 saturated heterocycles. The average molecular weight is 408 g/mol. The maximum Gasteiger partial charge on any atom is 0.416 e. The van der Waals surface area contributed by atoms with E-state index in [-0.39, 0.29) is 11.3 Å². The summed E-state index contributed by atoms with van der Waals surface area (Å²) in [6, 6.07) is 11.1. The van der Waals surface area contributed by atoms with Gasteiger partial charge >= 0.3 is 6.18 Å². The molecule has 8 heteroatoms. The van der Waals surface area contributed by atoms with Crippen molar-refractivity contribution in [3.63, 3.8) is 0 Å². The number of benzene rings is 1. The van der Waals surface area contributed by atoms with Gasteiger partial charge in [-0.3, -0.25) is 0 Å². The van der Waals surface area contributed by atoms with Crippen LogP contribution in [-0.2, 0) is 6.18 Å². The third-order valence-corrected chi connectivity index (χ3v) is 4.90. The molecule has 1 aromatic carbocycles. The van der Waals surface area contributed by atoms with Gasteiger partial charge in [0.2, 0.25) is 0 Å². The Bertz CT molecular complexity index is 1410. The fourth-order valence-electron chi connectivity index (χ4n) is 3.49. The zero-order valence-corrected chi connectivity index (χ0v) is 15.2. The summed E-state index contributed by atoms with van der Waals surface area (Å²) in [6.07, 6.45) is 0.342. The molecule has 4 nitrogen and oxygen atoms in total. The van der Waals surface area contributed by atoms with Crippen molar-refractivity contribution in [2.24, 2.45) is 0 Å². The van der Waals surface area contributed by atoms with Crippen LogP contribution in [0.25, 0.3) is 44.5 Å². The lowest BCUT2D eigenvalue weighted by atomic mass is 9.99. The van der Waals surface area contributed by atoms with Crippen LogP contribution in [0.1, 0.15) is 5.56 Å². The number of aromatic amines is 1. The van der Waals surface area contributed by atoms with Gasteiger partial charge in [0.25, 0.3) is 0 Å². The van der Waals surface area contributed by atoms with Crippen molar-refractivity contribution in [2.75, 3.05) is 0 Å². The molecule has 148 valence electrons. The van der Waals surface area contributed by atoms with Crippen LogP contribution in [0, 0.1) is 5.82 Å². The Labute approximate surface area is 167 Å². The SMILES string of the molecule is Fc1ccc(C(F)(F)F)cc1-c1cc(-c2c[nH]c3ncccc23)c2cccnc2n1. The van der Waals surface area contributed by atoms with Gasteiger partial charge in [0.1, 0.15) is 11.5 Å². The largest absolute Gasteiger partial charge is 0.416 e. The normalized spacial score (nSPS) is 12.0. The van der Waals surface area contributed by atoms with E-state index in [2.05, 4.69) is 19.9 Å². The van der Waals surface area contributed by atoms with Gasteiger partial charge in [-0.1, -0.05) is 0 Å². The van der Waals surface area contributed by atoms with E-state index < -0.39 is 17.6 Å². The van der Waals surface area contributed by atoms with E-state index in [0.717, 1.165) is 23.1 Å². The molecule has 1 N–H and O–H groups in total. The van der Waals surface area contributed by atoms with Gasteiger partial charge in [-0.05, 0) is 54.1 Å². The van der Waals surface area contributed by atoms with E-state index in [9.17, 15) is 17.6 Å². The van der Waals surface area contributed by atoms with E-state index in [1.165, 1.54) is 6.20 Å². The smallest absolute Gasteiger partial charge is 0.346 e. The van der Waals surface area contributed by atoms with Crippen LogP contribution in [-0.4, -0.2) is 19.9 Å². The highest BCUT2D eigenvalue weighted by Crippen LogP contribution is 2.37.